The Kier molecular flexibility index (Phi) is 58.9. The lowest BCUT2D eigenvalue weighted by molar-refractivity contribution is -0.303. The second-order valence-corrected chi connectivity index (χ2v) is 25.6. The van der Waals surface area contributed by atoms with E-state index in [2.05, 4.69) is 55.6 Å². The van der Waals surface area contributed by atoms with Crippen LogP contribution in [0, 0.1) is 0 Å². The van der Waals surface area contributed by atoms with Gasteiger partial charge in [0.05, 0.1) is 25.4 Å². The van der Waals surface area contributed by atoms with Gasteiger partial charge in [0.1, 0.15) is 36.6 Å². The third-order valence-electron chi connectivity index (χ3n) is 17.7. The number of carbonyl (C=O) groups excluding carboxylic acids is 1. The fourth-order valence-electron chi connectivity index (χ4n) is 11.8. The summed E-state index contributed by atoms with van der Waals surface area (Å²) in [5.74, 6) is -0.706. The molecule has 9 unspecified atom stereocenters. The van der Waals surface area contributed by atoms with E-state index >= 15 is 0 Å². The van der Waals surface area contributed by atoms with E-state index in [9.17, 15) is 40.5 Å². The van der Waals surface area contributed by atoms with E-state index in [1.165, 1.54) is 263 Å². The fraction of sp³-hybridized carbons (Fsp3) is 0.904. The Hall–Kier alpha value is -1.67. The second-order valence-electron chi connectivity index (χ2n) is 25.6. The van der Waals surface area contributed by atoms with Crippen molar-refractivity contribution in [1.82, 2.24) is 5.32 Å². The minimum atomic E-state index is -1.67. The summed E-state index contributed by atoms with van der Waals surface area (Å²) in [4.78, 5) is 13.3. The Morgan fingerprint density at radius 3 is 1.06 bits per heavy atom. The lowest BCUT2D eigenvalue weighted by Gasteiger charge is -2.40. The van der Waals surface area contributed by atoms with Crippen molar-refractivity contribution in [1.29, 1.82) is 0 Å². The summed E-state index contributed by atoms with van der Waals surface area (Å²) in [6.07, 6.45) is 68.1. The number of aliphatic hydroxyl groups is 7. The maximum atomic E-state index is 13.3. The number of hydrogen-bond acceptors (Lipinski definition) is 10. The van der Waals surface area contributed by atoms with Crippen molar-refractivity contribution in [2.75, 3.05) is 13.2 Å². The first-order valence-electron chi connectivity index (χ1n) is 36.4. The molecule has 0 aromatic carbocycles. The molecule has 1 amide bonds. The van der Waals surface area contributed by atoms with E-state index < -0.39 is 74.2 Å². The van der Waals surface area contributed by atoms with E-state index in [-0.39, 0.29) is 12.8 Å². The van der Waals surface area contributed by atoms with Crippen molar-refractivity contribution in [2.45, 2.75) is 409 Å². The molecule has 0 saturated carbocycles. The molecule has 0 aromatic heterocycles. The molecule has 0 spiro atoms. The van der Waals surface area contributed by atoms with Crippen LogP contribution in [0.3, 0.4) is 0 Å². The third-order valence-corrected chi connectivity index (χ3v) is 17.7. The summed E-state index contributed by atoms with van der Waals surface area (Å²) < 4.78 is 11.2. The molecule has 0 aromatic rings. The number of rotatable bonds is 64. The normalized spacial score (nSPS) is 19.1. The summed E-state index contributed by atoms with van der Waals surface area (Å²) in [5, 5.41) is 76.5. The predicted octanol–water partition coefficient (Wildman–Crippen LogP) is 17.8. The molecule has 1 heterocycles. The van der Waals surface area contributed by atoms with Crippen LogP contribution in [-0.2, 0) is 14.3 Å². The molecule has 1 saturated heterocycles. The molecule has 496 valence electrons. The first-order valence-corrected chi connectivity index (χ1v) is 36.4. The van der Waals surface area contributed by atoms with Gasteiger partial charge in [0.2, 0.25) is 5.91 Å². The van der Waals surface area contributed by atoms with E-state index in [4.69, 9.17) is 9.47 Å². The molecule has 0 radical (unpaired) electrons. The summed E-state index contributed by atoms with van der Waals surface area (Å²) in [7, 11) is 0. The Labute approximate surface area is 517 Å². The summed E-state index contributed by atoms with van der Waals surface area (Å²) in [6, 6.07) is -1.19. The van der Waals surface area contributed by atoms with Gasteiger partial charge in [-0.15, -0.1) is 0 Å². The Morgan fingerprint density at radius 2 is 0.714 bits per heavy atom. The topological polar surface area (TPSA) is 189 Å². The Morgan fingerprint density at radius 1 is 0.405 bits per heavy atom. The summed E-state index contributed by atoms with van der Waals surface area (Å²) >= 11 is 0. The van der Waals surface area contributed by atoms with E-state index in [0.717, 1.165) is 44.9 Å². The highest BCUT2D eigenvalue weighted by atomic mass is 16.7. The van der Waals surface area contributed by atoms with Gasteiger partial charge in [-0.25, -0.2) is 0 Å². The molecule has 11 nitrogen and oxygen atoms in total. The van der Waals surface area contributed by atoms with Gasteiger partial charge in [-0.3, -0.25) is 4.79 Å². The number of nitrogens with one attached hydrogen (secondary N) is 1. The molecule has 1 fully saturated rings. The molecule has 84 heavy (non-hydrogen) atoms. The van der Waals surface area contributed by atoms with Gasteiger partial charge in [0.25, 0.3) is 0 Å². The zero-order chi connectivity index (χ0) is 61.0. The van der Waals surface area contributed by atoms with Gasteiger partial charge >= 0.3 is 0 Å². The molecule has 0 bridgehead atoms. The van der Waals surface area contributed by atoms with Crippen LogP contribution in [-0.4, -0.2) is 110 Å². The number of ether oxygens (including phenoxy) is 2. The summed E-state index contributed by atoms with van der Waals surface area (Å²) in [5.41, 5.74) is 0. The quantitative estimate of drug-likeness (QED) is 0.0215. The van der Waals surface area contributed by atoms with E-state index in [0.29, 0.717) is 19.3 Å². The maximum Gasteiger partial charge on any atom is 0.249 e. The van der Waals surface area contributed by atoms with Gasteiger partial charge in [-0.2, -0.15) is 0 Å². The van der Waals surface area contributed by atoms with Crippen LogP contribution in [0.1, 0.15) is 354 Å². The Bertz CT molecular complexity index is 1460. The molecule has 1 aliphatic rings. The zero-order valence-electron chi connectivity index (χ0n) is 54.9. The minimum Gasteiger partial charge on any atom is -0.394 e. The molecule has 0 aliphatic carbocycles. The monoisotopic (exact) mass is 1190 g/mol. The molecular weight excluding hydrogens is 1050 g/mol. The number of amides is 1. The molecular formula is C73H139NO10. The van der Waals surface area contributed by atoms with Crippen molar-refractivity contribution < 1.29 is 50.0 Å². The molecule has 8 N–H and O–H groups in total. The predicted molar refractivity (Wildman–Crippen MR) is 353 cm³/mol. The van der Waals surface area contributed by atoms with Gasteiger partial charge in [0, 0.05) is 0 Å². The zero-order valence-corrected chi connectivity index (χ0v) is 54.9. The number of carbonyl (C=O) groups is 1. The smallest absolute Gasteiger partial charge is 0.249 e. The first-order chi connectivity index (χ1) is 41.2. The lowest BCUT2D eigenvalue weighted by atomic mass is 9.98. The molecule has 1 rings (SSSR count). The Balaban J connectivity index is 2.22. The van der Waals surface area contributed by atoms with Crippen LogP contribution in [0.2, 0.25) is 0 Å². The SMILES string of the molecule is CCCCCCCCCCCCCCCCCCC/C=C/CC/C=C/CC/C=C/CCCC(O)C(O)C(COC1OC(CO)C(O)C(O)C1O)NC(=O)C(O)CCCCCCCCCCCCCCCCCCCCCCCCCCCCC. The van der Waals surface area contributed by atoms with Crippen molar-refractivity contribution in [2.24, 2.45) is 0 Å². The molecule has 9 atom stereocenters. The molecule has 11 heteroatoms. The van der Waals surface area contributed by atoms with Crippen molar-refractivity contribution in [3.05, 3.63) is 36.5 Å². The number of allylic oxidation sites excluding steroid dienone is 6. The van der Waals surface area contributed by atoms with Crippen LogP contribution in [0.15, 0.2) is 36.5 Å². The minimum absolute atomic E-state index is 0.243. The second kappa shape index (κ2) is 61.6. The average Bonchev–Trinajstić information content (AvgIpc) is 3.66. The first kappa shape index (κ1) is 80.3. The van der Waals surface area contributed by atoms with Crippen LogP contribution < -0.4 is 5.32 Å². The fourth-order valence-corrected chi connectivity index (χ4v) is 11.8. The van der Waals surface area contributed by atoms with E-state index in [1.807, 2.05) is 0 Å². The van der Waals surface area contributed by atoms with Gasteiger partial charge < -0.3 is 50.5 Å². The third kappa shape index (κ3) is 48.3. The van der Waals surface area contributed by atoms with E-state index in [1.54, 1.807) is 0 Å². The van der Waals surface area contributed by atoms with Gasteiger partial charge in [-0.1, -0.05) is 326 Å². The maximum absolute atomic E-state index is 13.3. The largest absolute Gasteiger partial charge is 0.394 e. The average molecular weight is 1190 g/mol. The van der Waals surface area contributed by atoms with Gasteiger partial charge in [-0.05, 0) is 64.2 Å². The van der Waals surface area contributed by atoms with Crippen LogP contribution >= 0.6 is 0 Å². The van der Waals surface area contributed by atoms with Crippen LogP contribution in [0.25, 0.3) is 0 Å². The van der Waals surface area contributed by atoms with Crippen LogP contribution in [0.5, 0.6) is 0 Å². The highest BCUT2D eigenvalue weighted by molar-refractivity contribution is 5.80. The van der Waals surface area contributed by atoms with Gasteiger partial charge in [0.15, 0.2) is 6.29 Å². The summed E-state index contributed by atoms with van der Waals surface area (Å²) in [6.45, 7) is 3.50. The van der Waals surface area contributed by atoms with Crippen molar-refractivity contribution in [3.8, 4) is 0 Å². The van der Waals surface area contributed by atoms with Crippen molar-refractivity contribution >= 4 is 5.91 Å². The number of aliphatic hydroxyl groups excluding tert-OH is 7. The standard InChI is InChI=1S/C73H139NO10/c1-3-5-7-9-11-13-15-17-19-21-23-25-27-29-31-32-33-35-36-38-40-42-44-46-48-50-52-54-56-58-60-65(76)68(78)64(63-83-73-71(81)70(80)69(79)67(62-75)84-73)74-72(82)66(77)61-59-57-55-53-51-49-47-45-43-41-39-37-34-30-28-26-24-22-20-18-16-14-12-10-8-6-4-2/h36,38,44,46,52,54,64-71,73,75-81H,3-35,37,39-43,45,47-51,53,55-63H2,1-2H3,(H,74,82)/b38-36+,46-44+,54-52+. The highest BCUT2D eigenvalue weighted by Crippen LogP contribution is 2.24. The highest BCUT2D eigenvalue weighted by Gasteiger charge is 2.44. The molecule has 1 aliphatic heterocycles. The van der Waals surface area contributed by atoms with Crippen LogP contribution in [0.4, 0.5) is 0 Å². The lowest BCUT2D eigenvalue weighted by Crippen LogP contribution is -2.60. The number of unbranched alkanes of at least 4 members (excludes halogenated alkanes) is 46. The number of hydrogen-bond donors (Lipinski definition) is 8. The van der Waals surface area contributed by atoms with Crippen molar-refractivity contribution in [3.63, 3.8) is 0 Å².